The molecule has 0 aliphatic carbocycles. The number of aromatic nitrogens is 1. The van der Waals surface area contributed by atoms with Gasteiger partial charge in [-0.05, 0) is 26.0 Å². The van der Waals surface area contributed by atoms with Gasteiger partial charge >= 0.3 is 0 Å². The van der Waals surface area contributed by atoms with Crippen LogP contribution in [0.4, 0.5) is 5.69 Å². The lowest BCUT2D eigenvalue weighted by Crippen LogP contribution is -2.52. The van der Waals surface area contributed by atoms with Crippen molar-refractivity contribution in [1.82, 2.24) is 15.2 Å². The summed E-state index contributed by atoms with van der Waals surface area (Å²) in [6.45, 7) is 8.28. The van der Waals surface area contributed by atoms with Crippen molar-refractivity contribution in [3.05, 3.63) is 64.1 Å². The Morgan fingerprint density at radius 2 is 1.88 bits per heavy atom. The molecule has 0 unspecified atom stereocenters. The average Bonchev–Trinajstić information content (AvgIpc) is 2.66. The van der Waals surface area contributed by atoms with E-state index in [-0.39, 0.29) is 22.9 Å². The molecule has 0 spiro atoms. The van der Waals surface area contributed by atoms with Crippen molar-refractivity contribution in [2.75, 3.05) is 37.6 Å². The maximum atomic E-state index is 12.2. The summed E-state index contributed by atoms with van der Waals surface area (Å²) in [5, 5.41) is 2.88. The van der Waals surface area contributed by atoms with E-state index in [1.807, 2.05) is 6.07 Å². The second kappa shape index (κ2) is 8.19. The number of pyridine rings is 1. The van der Waals surface area contributed by atoms with Gasteiger partial charge in [0.05, 0.1) is 0 Å². The van der Waals surface area contributed by atoms with Gasteiger partial charge in [0.1, 0.15) is 5.56 Å². The number of nitrogens with zero attached hydrogens (tertiary/aromatic N) is 2. The highest BCUT2D eigenvalue weighted by Gasteiger charge is 2.22. The highest BCUT2D eigenvalue weighted by atomic mass is 16.2. The summed E-state index contributed by atoms with van der Waals surface area (Å²) in [6, 6.07) is 12.1. The molecule has 0 saturated carbocycles. The maximum Gasteiger partial charge on any atom is 0.256 e. The Balaban J connectivity index is 1.49. The van der Waals surface area contributed by atoms with Gasteiger partial charge in [-0.15, -0.1) is 0 Å². The molecule has 6 heteroatoms. The Kier molecular flexibility index (Phi) is 5.73. The summed E-state index contributed by atoms with van der Waals surface area (Å²) in [4.78, 5) is 31.8. The minimum atomic E-state index is -0.318. The molecule has 3 rings (SSSR count). The Hall–Kier alpha value is -2.60. The number of carbonyl (C=O) groups is 1. The van der Waals surface area contributed by atoms with E-state index < -0.39 is 0 Å². The van der Waals surface area contributed by atoms with Crippen molar-refractivity contribution < 1.29 is 4.79 Å². The van der Waals surface area contributed by atoms with Crippen molar-refractivity contribution in [3.8, 4) is 0 Å². The highest BCUT2D eigenvalue weighted by molar-refractivity contribution is 5.93. The summed E-state index contributed by atoms with van der Waals surface area (Å²) in [7, 11) is 0. The van der Waals surface area contributed by atoms with Gasteiger partial charge < -0.3 is 15.2 Å². The summed E-state index contributed by atoms with van der Waals surface area (Å²) in [5.41, 5.74) is 1.92. The van der Waals surface area contributed by atoms with E-state index in [0.717, 1.165) is 31.9 Å². The van der Waals surface area contributed by atoms with E-state index in [1.165, 1.54) is 18.0 Å². The van der Waals surface area contributed by atoms with Crippen LogP contribution in [-0.2, 0) is 0 Å². The summed E-state index contributed by atoms with van der Waals surface area (Å²) >= 11 is 0. The predicted molar refractivity (Wildman–Crippen MR) is 104 cm³/mol. The SMILES string of the molecule is Cc1cc(=O)c(C(=O)NC[C@H](C)N2CCN(c3ccccc3)CC2)c[nH]1. The number of anilines is 1. The number of H-pyrrole nitrogens is 1. The number of carbonyl (C=O) groups excluding carboxylic acids is 1. The minimum Gasteiger partial charge on any atom is -0.369 e. The molecule has 1 aliphatic rings. The molecule has 1 aliphatic heterocycles. The molecule has 2 aromatic rings. The van der Waals surface area contributed by atoms with Crippen LogP contribution in [0.15, 0.2) is 47.4 Å². The molecule has 1 saturated heterocycles. The van der Waals surface area contributed by atoms with E-state index in [1.54, 1.807) is 6.92 Å². The first-order chi connectivity index (χ1) is 12.5. The molecule has 0 radical (unpaired) electrons. The van der Waals surface area contributed by atoms with Crippen LogP contribution in [0.1, 0.15) is 23.0 Å². The molecule has 2 heterocycles. The van der Waals surface area contributed by atoms with Gasteiger partial charge in [0.2, 0.25) is 0 Å². The second-order valence-corrected chi connectivity index (χ2v) is 6.81. The second-order valence-electron chi connectivity index (χ2n) is 6.81. The normalized spacial score (nSPS) is 16.3. The fraction of sp³-hybridized carbons (Fsp3) is 0.400. The zero-order valence-corrected chi connectivity index (χ0v) is 15.4. The number of hydrogen-bond acceptors (Lipinski definition) is 4. The Bertz CT molecular complexity index is 795. The number of rotatable bonds is 5. The summed E-state index contributed by atoms with van der Waals surface area (Å²) in [6.07, 6.45) is 1.48. The number of amides is 1. The molecule has 0 bridgehead atoms. The van der Waals surface area contributed by atoms with Gasteiger partial charge in [-0.25, -0.2) is 0 Å². The molecule has 1 aromatic heterocycles. The number of hydrogen-bond donors (Lipinski definition) is 2. The number of nitrogens with one attached hydrogen (secondary N) is 2. The molecule has 2 N–H and O–H groups in total. The van der Waals surface area contributed by atoms with Crippen LogP contribution in [0.5, 0.6) is 0 Å². The standard InChI is InChI=1S/C20H26N4O2/c1-15-12-19(25)18(14-21-15)20(26)22-13-16(2)23-8-10-24(11-9-23)17-6-4-3-5-7-17/h3-7,12,14,16H,8-11,13H2,1-2H3,(H,21,25)(H,22,26)/t16-/m0/s1. The van der Waals surface area contributed by atoms with Gasteiger partial charge in [-0.2, -0.15) is 0 Å². The van der Waals surface area contributed by atoms with E-state index in [2.05, 4.69) is 51.3 Å². The van der Waals surface area contributed by atoms with E-state index >= 15 is 0 Å². The quantitative estimate of drug-likeness (QED) is 0.856. The number of benzene rings is 1. The molecule has 1 aromatic carbocycles. The largest absolute Gasteiger partial charge is 0.369 e. The highest BCUT2D eigenvalue weighted by Crippen LogP contribution is 2.16. The van der Waals surface area contributed by atoms with Gasteiger partial charge in [0.15, 0.2) is 5.43 Å². The summed E-state index contributed by atoms with van der Waals surface area (Å²) in [5.74, 6) is -0.318. The number of aryl methyl sites for hydroxylation is 1. The van der Waals surface area contributed by atoms with Crippen LogP contribution in [0.3, 0.4) is 0 Å². The van der Waals surface area contributed by atoms with Gasteiger partial charge in [0.25, 0.3) is 5.91 Å². The predicted octanol–water partition coefficient (Wildman–Crippen LogP) is 1.62. The van der Waals surface area contributed by atoms with E-state index in [9.17, 15) is 9.59 Å². The van der Waals surface area contributed by atoms with Gasteiger partial charge in [0, 0.05) is 62.4 Å². The third-order valence-electron chi connectivity index (χ3n) is 4.92. The molecule has 26 heavy (non-hydrogen) atoms. The average molecular weight is 354 g/mol. The molecular formula is C20H26N4O2. The Morgan fingerprint density at radius 1 is 1.19 bits per heavy atom. The molecule has 138 valence electrons. The van der Waals surface area contributed by atoms with Crippen molar-refractivity contribution in [2.45, 2.75) is 19.9 Å². The fourth-order valence-corrected chi connectivity index (χ4v) is 3.28. The number of piperazine rings is 1. The first kappa shape index (κ1) is 18.2. The molecule has 1 fully saturated rings. The number of para-hydroxylation sites is 1. The molecule has 1 atom stereocenters. The van der Waals surface area contributed by atoms with Crippen molar-refractivity contribution in [2.24, 2.45) is 0 Å². The maximum absolute atomic E-state index is 12.2. The lowest BCUT2D eigenvalue weighted by atomic mass is 10.2. The third-order valence-corrected chi connectivity index (χ3v) is 4.92. The van der Waals surface area contributed by atoms with Crippen molar-refractivity contribution in [1.29, 1.82) is 0 Å². The first-order valence-corrected chi connectivity index (χ1v) is 9.06. The van der Waals surface area contributed by atoms with E-state index in [0.29, 0.717) is 6.54 Å². The van der Waals surface area contributed by atoms with Crippen LogP contribution in [0.2, 0.25) is 0 Å². The van der Waals surface area contributed by atoms with Crippen LogP contribution in [0, 0.1) is 6.92 Å². The zero-order chi connectivity index (χ0) is 18.5. The molecule has 1 amide bonds. The fourth-order valence-electron chi connectivity index (χ4n) is 3.28. The molecule has 6 nitrogen and oxygen atoms in total. The van der Waals surface area contributed by atoms with Crippen molar-refractivity contribution in [3.63, 3.8) is 0 Å². The smallest absolute Gasteiger partial charge is 0.256 e. The minimum absolute atomic E-state index is 0.164. The Labute approximate surface area is 153 Å². The first-order valence-electron chi connectivity index (χ1n) is 9.06. The Morgan fingerprint density at radius 3 is 2.54 bits per heavy atom. The van der Waals surface area contributed by atoms with E-state index in [4.69, 9.17) is 0 Å². The lowest BCUT2D eigenvalue weighted by Gasteiger charge is -2.39. The number of aromatic amines is 1. The monoisotopic (exact) mass is 354 g/mol. The topological polar surface area (TPSA) is 68.4 Å². The lowest BCUT2D eigenvalue weighted by molar-refractivity contribution is 0.0933. The third kappa shape index (κ3) is 4.32. The van der Waals surface area contributed by atoms with Crippen LogP contribution >= 0.6 is 0 Å². The zero-order valence-electron chi connectivity index (χ0n) is 15.4. The van der Waals surface area contributed by atoms with Crippen molar-refractivity contribution >= 4 is 11.6 Å². The summed E-state index contributed by atoms with van der Waals surface area (Å²) < 4.78 is 0. The van der Waals surface area contributed by atoms with Crippen LogP contribution in [-0.4, -0.2) is 54.6 Å². The van der Waals surface area contributed by atoms with Crippen LogP contribution < -0.4 is 15.6 Å². The van der Waals surface area contributed by atoms with Crippen LogP contribution in [0.25, 0.3) is 0 Å². The van der Waals surface area contributed by atoms with Gasteiger partial charge in [-0.3, -0.25) is 14.5 Å². The van der Waals surface area contributed by atoms with Gasteiger partial charge in [-0.1, -0.05) is 18.2 Å². The molecular weight excluding hydrogens is 328 g/mol.